The van der Waals surface area contributed by atoms with Crippen LogP contribution in [0, 0.1) is 0 Å². The van der Waals surface area contributed by atoms with Crippen molar-refractivity contribution in [3.63, 3.8) is 0 Å². The summed E-state index contributed by atoms with van der Waals surface area (Å²) in [6, 6.07) is 7.34. The van der Waals surface area contributed by atoms with E-state index < -0.39 is 0 Å². The summed E-state index contributed by atoms with van der Waals surface area (Å²) in [5.74, 6) is -0.232. The smallest absolute Gasteiger partial charge is 0.291 e. The van der Waals surface area contributed by atoms with Crippen LogP contribution in [0.1, 0.15) is 6.42 Å². The summed E-state index contributed by atoms with van der Waals surface area (Å²) in [7, 11) is 0. The molecule has 1 aliphatic rings. The van der Waals surface area contributed by atoms with Gasteiger partial charge >= 0.3 is 6.03 Å². The number of nitrogens with one attached hydrogen (secondary N) is 1. The van der Waals surface area contributed by atoms with Gasteiger partial charge in [0.2, 0.25) is 5.91 Å². The molecule has 0 saturated carbocycles. The van der Waals surface area contributed by atoms with Crippen LogP contribution in [0.3, 0.4) is 0 Å². The fourth-order valence-electron chi connectivity index (χ4n) is 2.11. The molecule has 0 radical (unpaired) electrons. The van der Waals surface area contributed by atoms with E-state index in [9.17, 15) is 9.59 Å². The van der Waals surface area contributed by atoms with Crippen LogP contribution < -0.4 is 10.2 Å². The number of hydrogen-bond acceptors (Lipinski definition) is 3. The molecular weight excluding hydrogens is 230 g/mol. The lowest BCUT2D eigenvalue weighted by Crippen LogP contribution is -2.49. The fourth-order valence-corrected chi connectivity index (χ4v) is 2.11. The molecule has 1 N–H and O–H groups in total. The Bertz CT molecular complexity index is 634. The van der Waals surface area contributed by atoms with Crippen molar-refractivity contribution in [1.82, 2.24) is 10.3 Å². The number of anilines is 1. The monoisotopic (exact) mass is 241 g/mol. The first-order chi connectivity index (χ1) is 8.75. The number of aromatic nitrogens is 1. The molecule has 1 aromatic carbocycles. The van der Waals surface area contributed by atoms with Crippen LogP contribution >= 0.6 is 0 Å². The molecule has 1 saturated heterocycles. The molecule has 0 spiro atoms. The first kappa shape index (κ1) is 10.7. The molecule has 0 aliphatic carbocycles. The third-order valence-corrected chi connectivity index (χ3v) is 2.99. The molecule has 90 valence electrons. The quantitative estimate of drug-likeness (QED) is 0.826. The van der Waals surface area contributed by atoms with Gasteiger partial charge in [0.05, 0.1) is 11.9 Å². The molecule has 3 amide bonds. The Hall–Kier alpha value is -2.43. The highest BCUT2D eigenvalue weighted by atomic mass is 16.2. The second-order valence-corrected chi connectivity index (χ2v) is 4.13. The maximum Gasteiger partial charge on any atom is 0.328 e. The van der Waals surface area contributed by atoms with Crippen molar-refractivity contribution < 1.29 is 9.59 Å². The van der Waals surface area contributed by atoms with Gasteiger partial charge in [-0.1, -0.05) is 24.3 Å². The van der Waals surface area contributed by atoms with Crippen molar-refractivity contribution >= 4 is 28.4 Å². The molecule has 1 fully saturated rings. The van der Waals surface area contributed by atoms with Gasteiger partial charge < -0.3 is 0 Å². The maximum atomic E-state index is 11.8. The first-order valence-electron chi connectivity index (χ1n) is 5.70. The minimum atomic E-state index is -0.385. The average Bonchev–Trinajstić information content (AvgIpc) is 2.38. The number of rotatable bonds is 1. The zero-order chi connectivity index (χ0) is 12.5. The summed E-state index contributed by atoms with van der Waals surface area (Å²) in [5, 5.41) is 4.24. The highest BCUT2D eigenvalue weighted by molar-refractivity contribution is 6.09. The molecule has 1 aliphatic heterocycles. The van der Waals surface area contributed by atoms with Crippen LogP contribution in [-0.2, 0) is 4.79 Å². The number of carbonyl (C=O) groups excluding carboxylic acids is 2. The van der Waals surface area contributed by atoms with E-state index >= 15 is 0 Å². The summed E-state index contributed by atoms with van der Waals surface area (Å²) in [4.78, 5) is 28.6. The van der Waals surface area contributed by atoms with E-state index in [0.29, 0.717) is 13.0 Å². The minimum absolute atomic E-state index is 0.232. The molecule has 5 nitrogen and oxygen atoms in total. The number of imide groups is 1. The molecule has 18 heavy (non-hydrogen) atoms. The summed E-state index contributed by atoms with van der Waals surface area (Å²) in [5.41, 5.74) is 0.734. The van der Waals surface area contributed by atoms with Crippen molar-refractivity contribution in [2.24, 2.45) is 0 Å². The third kappa shape index (κ3) is 1.69. The lowest BCUT2D eigenvalue weighted by Gasteiger charge is -2.27. The van der Waals surface area contributed by atoms with E-state index in [-0.39, 0.29) is 11.9 Å². The lowest BCUT2D eigenvalue weighted by atomic mass is 10.1. The van der Waals surface area contributed by atoms with Crippen LogP contribution in [0.4, 0.5) is 10.5 Å². The van der Waals surface area contributed by atoms with Crippen molar-refractivity contribution in [3.8, 4) is 0 Å². The Morgan fingerprint density at radius 1 is 1.17 bits per heavy atom. The topological polar surface area (TPSA) is 62.3 Å². The molecule has 3 rings (SSSR count). The highest BCUT2D eigenvalue weighted by Crippen LogP contribution is 2.26. The van der Waals surface area contributed by atoms with Crippen molar-refractivity contribution in [2.75, 3.05) is 11.4 Å². The largest absolute Gasteiger partial charge is 0.328 e. The third-order valence-electron chi connectivity index (χ3n) is 2.99. The van der Waals surface area contributed by atoms with E-state index in [0.717, 1.165) is 16.5 Å². The summed E-state index contributed by atoms with van der Waals surface area (Å²) in [6.07, 6.45) is 3.72. The van der Waals surface area contributed by atoms with E-state index in [1.54, 1.807) is 17.3 Å². The van der Waals surface area contributed by atoms with E-state index in [1.165, 1.54) is 0 Å². The number of fused-ring (bicyclic) bond motifs is 1. The van der Waals surface area contributed by atoms with E-state index in [1.807, 2.05) is 24.3 Å². The van der Waals surface area contributed by atoms with Crippen LogP contribution in [0.2, 0.25) is 0 Å². The maximum absolute atomic E-state index is 11.8. The van der Waals surface area contributed by atoms with Gasteiger partial charge in [-0.15, -0.1) is 0 Å². The van der Waals surface area contributed by atoms with Crippen molar-refractivity contribution in [3.05, 3.63) is 36.7 Å². The summed E-state index contributed by atoms with van der Waals surface area (Å²) >= 11 is 0. The Morgan fingerprint density at radius 3 is 2.83 bits per heavy atom. The lowest BCUT2D eigenvalue weighted by molar-refractivity contribution is -0.120. The van der Waals surface area contributed by atoms with Gasteiger partial charge in [0.1, 0.15) is 0 Å². The van der Waals surface area contributed by atoms with Gasteiger partial charge in [0, 0.05) is 29.9 Å². The van der Waals surface area contributed by atoms with Gasteiger partial charge in [0.25, 0.3) is 0 Å². The molecular formula is C13H11N3O2. The molecule has 0 bridgehead atoms. The van der Waals surface area contributed by atoms with E-state index in [2.05, 4.69) is 10.3 Å². The van der Waals surface area contributed by atoms with Gasteiger partial charge in [0.15, 0.2) is 0 Å². The number of urea groups is 1. The minimum Gasteiger partial charge on any atom is -0.291 e. The highest BCUT2D eigenvalue weighted by Gasteiger charge is 2.25. The summed E-state index contributed by atoms with van der Waals surface area (Å²) < 4.78 is 0. The molecule has 0 unspecified atom stereocenters. The number of carbonyl (C=O) groups is 2. The van der Waals surface area contributed by atoms with Crippen LogP contribution in [0.25, 0.3) is 10.8 Å². The van der Waals surface area contributed by atoms with E-state index in [4.69, 9.17) is 0 Å². The zero-order valence-electron chi connectivity index (χ0n) is 9.59. The Kier molecular flexibility index (Phi) is 2.44. The SMILES string of the molecule is O=C1CCN(c2cncc3ccccc23)C(=O)N1. The Labute approximate surface area is 103 Å². The van der Waals surface area contributed by atoms with Gasteiger partial charge in [-0.25, -0.2) is 4.79 Å². The fraction of sp³-hybridized carbons (Fsp3) is 0.154. The standard InChI is InChI=1S/C13H11N3O2/c17-12-5-6-16(13(18)15-12)11-8-14-7-9-3-1-2-4-10(9)11/h1-4,7-8H,5-6H2,(H,15,17,18). The van der Waals surface area contributed by atoms with Crippen LogP contribution in [0.15, 0.2) is 36.7 Å². The van der Waals surface area contributed by atoms with Gasteiger partial charge in [-0.3, -0.25) is 20.0 Å². The predicted octanol–water partition coefficient (Wildman–Crippen LogP) is 1.68. The number of amides is 3. The number of pyridine rings is 1. The number of hydrogen-bond donors (Lipinski definition) is 1. The van der Waals surface area contributed by atoms with Gasteiger partial charge in [-0.2, -0.15) is 0 Å². The predicted molar refractivity (Wildman–Crippen MR) is 67.2 cm³/mol. The first-order valence-corrected chi connectivity index (χ1v) is 5.70. The number of nitrogens with zero attached hydrogens (tertiary/aromatic N) is 2. The second kappa shape index (κ2) is 4.10. The van der Waals surface area contributed by atoms with Crippen LogP contribution in [-0.4, -0.2) is 23.5 Å². The molecule has 2 heterocycles. The molecule has 2 aromatic rings. The van der Waals surface area contributed by atoms with Crippen molar-refractivity contribution in [2.45, 2.75) is 6.42 Å². The summed E-state index contributed by atoms with van der Waals surface area (Å²) in [6.45, 7) is 0.389. The van der Waals surface area contributed by atoms with Crippen molar-refractivity contribution in [1.29, 1.82) is 0 Å². The normalized spacial score (nSPS) is 15.9. The van der Waals surface area contributed by atoms with Crippen LogP contribution in [0.5, 0.6) is 0 Å². The average molecular weight is 241 g/mol. The zero-order valence-corrected chi connectivity index (χ0v) is 9.59. The molecule has 5 heteroatoms. The number of benzene rings is 1. The molecule has 0 atom stereocenters. The second-order valence-electron chi connectivity index (χ2n) is 4.13. The Morgan fingerprint density at radius 2 is 2.00 bits per heavy atom. The Balaban J connectivity index is 2.09. The van der Waals surface area contributed by atoms with Gasteiger partial charge in [-0.05, 0) is 0 Å². The molecule has 1 aromatic heterocycles.